The summed E-state index contributed by atoms with van der Waals surface area (Å²) in [6, 6.07) is 7.10. The number of hydrogen-bond acceptors (Lipinski definition) is 5. The van der Waals surface area contributed by atoms with Gasteiger partial charge in [0.2, 0.25) is 20.4 Å². The molecular weight excluding hydrogens is 470 g/mol. The Morgan fingerprint density at radius 2 is 1.97 bits per heavy atom. The summed E-state index contributed by atoms with van der Waals surface area (Å²) in [5.74, 6) is -1.96. The molecule has 1 unspecified atom stereocenters. The summed E-state index contributed by atoms with van der Waals surface area (Å²) in [6.45, 7) is 14.3. The first-order valence-corrected chi connectivity index (χ1v) is 14.6. The SMILES string of the molecule is C=CCOC(=O)C(Cl)N1C(=O)[C@@H]([C@@H](CO[Si](C)C)C(C)(C)C)[C@H]1[C@H]1CCc2ccccc2C1=O. The lowest BCUT2D eigenvalue weighted by Gasteiger charge is -2.56. The molecule has 1 aromatic carbocycles. The fourth-order valence-corrected chi connectivity index (χ4v) is 5.89. The number of nitrogens with zero attached hydrogens (tertiary/aromatic N) is 1. The van der Waals surface area contributed by atoms with Gasteiger partial charge >= 0.3 is 5.97 Å². The summed E-state index contributed by atoms with van der Waals surface area (Å²) < 4.78 is 11.2. The van der Waals surface area contributed by atoms with E-state index in [1.807, 2.05) is 24.3 Å². The zero-order valence-electron chi connectivity index (χ0n) is 20.7. The average Bonchev–Trinajstić information content (AvgIpc) is 2.78. The van der Waals surface area contributed by atoms with Crippen molar-refractivity contribution < 1.29 is 23.5 Å². The molecule has 5 atom stereocenters. The number of carbonyl (C=O) groups excluding carboxylic acids is 3. The van der Waals surface area contributed by atoms with Crippen molar-refractivity contribution in [3.8, 4) is 0 Å². The Kier molecular flexibility index (Phi) is 8.42. The van der Waals surface area contributed by atoms with Crippen molar-refractivity contribution in [3.05, 3.63) is 48.0 Å². The Labute approximate surface area is 209 Å². The zero-order valence-corrected chi connectivity index (χ0v) is 22.4. The van der Waals surface area contributed by atoms with Gasteiger partial charge in [-0.3, -0.25) is 9.59 Å². The topological polar surface area (TPSA) is 72.9 Å². The summed E-state index contributed by atoms with van der Waals surface area (Å²) in [4.78, 5) is 41.1. The van der Waals surface area contributed by atoms with E-state index in [9.17, 15) is 14.4 Å². The summed E-state index contributed by atoms with van der Waals surface area (Å²) in [5, 5.41) is 0. The third-order valence-electron chi connectivity index (χ3n) is 6.86. The number of fused-ring (bicyclic) bond motifs is 1. The van der Waals surface area contributed by atoms with E-state index in [4.69, 9.17) is 20.8 Å². The van der Waals surface area contributed by atoms with Crippen molar-refractivity contribution in [1.29, 1.82) is 0 Å². The molecule has 8 heteroatoms. The van der Waals surface area contributed by atoms with Gasteiger partial charge in [0, 0.05) is 18.1 Å². The monoisotopic (exact) mass is 504 g/mol. The van der Waals surface area contributed by atoms with Gasteiger partial charge in [-0.1, -0.05) is 69.3 Å². The number of ether oxygens (including phenoxy) is 1. The van der Waals surface area contributed by atoms with E-state index < -0.39 is 38.4 Å². The number of likely N-dealkylation sites (tertiary alicyclic amines) is 1. The van der Waals surface area contributed by atoms with Crippen LogP contribution in [0.1, 0.15) is 43.1 Å². The van der Waals surface area contributed by atoms with Gasteiger partial charge in [0.15, 0.2) is 5.78 Å². The van der Waals surface area contributed by atoms with Gasteiger partial charge in [0.1, 0.15) is 6.61 Å². The van der Waals surface area contributed by atoms with Crippen molar-refractivity contribution in [2.45, 2.75) is 58.2 Å². The maximum absolute atomic E-state index is 13.6. The predicted octanol–water partition coefficient (Wildman–Crippen LogP) is 4.48. The quantitative estimate of drug-likeness (QED) is 0.124. The van der Waals surface area contributed by atoms with E-state index in [2.05, 4.69) is 40.4 Å². The molecule has 34 heavy (non-hydrogen) atoms. The molecule has 0 saturated carbocycles. The molecule has 3 rings (SSSR count). The number of esters is 1. The van der Waals surface area contributed by atoms with E-state index in [0.717, 1.165) is 12.0 Å². The number of carbonyl (C=O) groups is 3. The largest absolute Gasteiger partial charge is 0.459 e. The highest BCUT2D eigenvalue weighted by Crippen LogP contribution is 2.48. The maximum atomic E-state index is 13.6. The van der Waals surface area contributed by atoms with Crippen molar-refractivity contribution in [1.82, 2.24) is 4.90 Å². The van der Waals surface area contributed by atoms with E-state index in [1.165, 1.54) is 11.0 Å². The van der Waals surface area contributed by atoms with Crippen molar-refractivity contribution in [2.24, 2.45) is 23.2 Å². The molecule has 2 aliphatic rings. The maximum Gasteiger partial charge on any atom is 0.344 e. The molecule has 1 heterocycles. The van der Waals surface area contributed by atoms with Crippen LogP contribution in [0.25, 0.3) is 0 Å². The standard InChI is InChI=1S/C26H35ClNO5Si/c1-7-14-32-25(31)23(27)28-21(18-13-12-16-10-8-9-11-17(16)22(18)29)20(24(28)30)19(26(2,3)4)15-33-34(5)6/h7-11,18-21,23H,1,12-15H2,2-6H3/t18-,19-,20+,21-,23?/m1/s1. The number of ketones is 1. The van der Waals surface area contributed by atoms with Crippen LogP contribution in [0.4, 0.5) is 0 Å². The van der Waals surface area contributed by atoms with Gasteiger partial charge < -0.3 is 14.1 Å². The normalized spacial score (nSPS) is 24.3. The lowest BCUT2D eigenvalue weighted by atomic mass is 9.61. The Morgan fingerprint density at radius 3 is 2.59 bits per heavy atom. The van der Waals surface area contributed by atoms with E-state index in [1.54, 1.807) is 0 Å². The number of aryl methyl sites for hydroxylation is 1. The molecule has 0 spiro atoms. The summed E-state index contributed by atoms with van der Waals surface area (Å²) in [7, 11) is -0.970. The zero-order chi connectivity index (χ0) is 25.2. The van der Waals surface area contributed by atoms with Gasteiger partial charge in [-0.05, 0) is 42.8 Å². The van der Waals surface area contributed by atoms with Crippen molar-refractivity contribution >= 4 is 38.3 Å². The highest BCUT2D eigenvalue weighted by molar-refractivity contribution is 6.48. The van der Waals surface area contributed by atoms with Crippen LogP contribution in [0, 0.1) is 23.2 Å². The van der Waals surface area contributed by atoms with Crippen LogP contribution in [0.3, 0.4) is 0 Å². The van der Waals surface area contributed by atoms with Gasteiger partial charge in [0.05, 0.1) is 12.0 Å². The second kappa shape index (κ2) is 10.8. The van der Waals surface area contributed by atoms with Crippen LogP contribution in [0.15, 0.2) is 36.9 Å². The first-order chi connectivity index (χ1) is 16.0. The van der Waals surface area contributed by atoms with Crippen LogP contribution in [0.2, 0.25) is 13.1 Å². The Balaban J connectivity index is 1.98. The Hall–Kier alpha value is -1.96. The highest BCUT2D eigenvalue weighted by atomic mass is 35.5. The minimum atomic E-state index is -1.29. The molecule has 185 valence electrons. The summed E-state index contributed by atoms with van der Waals surface area (Å²) >= 11 is 6.50. The molecule has 1 aromatic rings. The average molecular weight is 505 g/mol. The molecule has 1 saturated heterocycles. The molecule has 0 N–H and O–H groups in total. The first-order valence-electron chi connectivity index (χ1n) is 11.8. The number of halogens is 1. The number of amides is 1. The molecule has 1 aliphatic carbocycles. The van der Waals surface area contributed by atoms with Crippen LogP contribution in [-0.2, 0) is 25.2 Å². The molecule has 1 radical (unpaired) electrons. The molecule has 0 bridgehead atoms. The Bertz CT molecular complexity index is 943. The molecule has 1 aliphatic heterocycles. The third kappa shape index (κ3) is 5.31. The minimum Gasteiger partial charge on any atom is -0.459 e. The summed E-state index contributed by atoms with van der Waals surface area (Å²) in [5.41, 5.74) is 0.165. The third-order valence-corrected chi connectivity index (χ3v) is 8.00. The number of Topliss-reactive ketones (excluding diaryl/α,β-unsaturated/α-hetero) is 1. The van der Waals surface area contributed by atoms with Crippen molar-refractivity contribution in [3.63, 3.8) is 0 Å². The van der Waals surface area contributed by atoms with Gasteiger partial charge in [-0.25, -0.2) is 4.79 Å². The first kappa shape index (κ1) is 26.6. The number of rotatable bonds is 9. The lowest BCUT2D eigenvalue weighted by molar-refractivity contribution is -0.178. The second-order valence-corrected chi connectivity index (χ2v) is 12.9. The van der Waals surface area contributed by atoms with Gasteiger partial charge in [-0.2, -0.15) is 0 Å². The molecular formula is C26H35ClNO5Si. The molecule has 0 aromatic heterocycles. The van der Waals surface area contributed by atoms with E-state index >= 15 is 0 Å². The smallest absolute Gasteiger partial charge is 0.344 e. The van der Waals surface area contributed by atoms with Crippen LogP contribution < -0.4 is 0 Å². The van der Waals surface area contributed by atoms with E-state index in [-0.39, 0.29) is 29.6 Å². The van der Waals surface area contributed by atoms with Crippen LogP contribution in [0.5, 0.6) is 0 Å². The summed E-state index contributed by atoms with van der Waals surface area (Å²) in [6.07, 6.45) is 2.78. The number of benzene rings is 1. The number of β-lactam (4-membered cyclic amide) rings is 1. The van der Waals surface area contributed by atoms with Gasteiger partial charge in [0.25, 0.3) is 0 Å². The minimum absolute atomic E-state index is 0.00184. The van der Waals surface area contributed by atoms with Crippen molar-refractivity contribution in [2.75, 3.05) is 13.2 Å². The van der Waals surface area contributed by atoms with E-state index in [0.29, 0.717) is 18.6 Å². The predicted molar refractivity (Wildman–Crippen MR) is 134 cm³/mol. The van der Waals surface area contributed by atoms with Crippen LogP contribution in [-0.4, -0.2) is 56.4 Å². The fourth-order valence-electron chi connectivity index (χ4n) is 5.09. The van der Waals surface area contributed by atoms with Gasteiger partial charge in [-0.15, -0.1) is 0 Å². The Morgan fingerprint density at radius 1 is 1.29 bits per heavy atom. The number of hydrogen-bond donors (Lipinski definition) is 0. The fraction of sp³-hybridized carbons (Fsp3) is 0.577. The van der Waals surface area contributed by atoms with Crippen LogP contribution >= 0.6 is 11.6 Å². The highest BCUT2D eigenvalue weighted by Gasteiger charge is 2.60. The molecule has 6 nitrogen and oxygen atoms in total. The second-order valence-electron chi connectivity index (χ2n) is 10.4. The lowest BCUT2D eigenvalue weighted by Crippen LogP contribution is -2.71. The number of alkyl halides is 1. The molecule has 1 amide bonds. The molecule has 1 fully saturated rings.